The molecule has 0 radical (unpaired) electrons. The molecule has 0 aliphatic heterocycles. The molecular weight excluding hydrogens is 381 g/mol. The zero-order chi connectivity index (χ0) is 18.0. The lowest BCUT2D eigenvalue weighted by Crippen LogP contribution is -2.33. The minimum atomic E-state index is -1.56. The first-order valence-electron chi connectivity index (χ1n) is 7.36. The maximum absolute atomic E-state index is 11.6. The van der Waals surface area contributed by atoms with Crippen molar-refractivity contribution in [3.05, 3.63) is 87.9 Å². The van der Waals surface area contributed by atoms with E-state index in [0.717, 1.165) is 0 Å². The molecular formula is C18H14Cl3N3O. The lowest BCUT2D eigenvalue weighted by molar-refractivity contribution is 0.0767. The number of aliphatic hydroxyl groups is 1. The van der Waals surface area contributed by atoms with Crippen LogP contribution in [-0.2, 0) is 12.1 Å². The highest BCUT2D eigenvalue weighted by atomic mass is 35.5. The molecule has 0 aliphatic carbocycles. The number of rotatable bonds is 5. The van der Waals surface area contributed by atoms with Gasteiger partial charge < -0.3 is 5.11 Å². The van der Waals surface area contributed by atoms with Crippen molar-refractivity contribution in [2.45, 2.75) is 12.1 Å². The van der Waals surface area contributed by atoms with Gasteiger partial charge in [-0.2, -0.15) is 5.10 Å². The maximum Gasteiger partial charge on any atom is 0.137 e. The van der Waals surface area contributed by atoms with Gasteiger partial charge in [-0.1, -0.05) is 65.6 Å². The number of halogens is 3. The van der Waals surface area contributed by atoms with E-state index in [1.165, 1.54) is 17.3 Å². The average molecular weight is 395 g/mol. The van der Waals surface area contributed by atoms with Crippen molar-refractivity contribution in [1.82, 2.24) is 14.8 Å². The fraction of sp³-hybridized carbons (Fsp3) is 0.111. The first-order chi connectivity index (χ1) is 11.9. The van der Waals surface area contributed by atoms with Gasteiger partial charge in [0.1, 0.15) is 18.3 Å². The zero-order valence-corrected chi connectivity index (χ0v) is 15.3. The van der Waals surface area contributed by atoms with E-state index in [1.807, 2.05) is 12.1 Å². The molecule has 1 heterocycles. The predicted octanol–water partition coefficient (Wildman–Crippen LogP) is 4.84. The Hall–Kier alpha value is -1.85. The molecule has 3 aromatic rings. The summed E-state index contributed by atoms with van der Waals surface area (Å²) < 4.78 is 1.51. The third-order valence-electron chi connectivity index (χ3n) is 3.93. The fourth-order valence-electron chi connectivity index (χ4n) is 2.65. The van der Waals surface area contributed by atoms with Crippen molar-refractivity contribution in [2.24, 2.45) is 0 Å². The van der Waals surface area contributed by atoms with Crippen LogP contribution < -0.4 is 0 Å². The van der Waals surface area contributed by atoms with Crippen LogP contribution in [0.2, 0.25) is 15.1 Å². The highest BCUT2D eigenvalue weighted by molar-refractivity contribution is 6.35. The second-order valence-electron chi connectivity index (χ2n) is 5.54. The summed E-state index contributed by atoms with van der Waals surface area (Å²) in [5.41, 5.74) is -0.0741. The van der Waals surface area contributed by atoms with Gasteiger partial charge in [0, 0.05) is 20.6 Å². The molecule has 1 N–H and O–H groups in total. The summed E-state index contributed by atoms with van der Waals surface area (Å²) in [6.45, 7) is 4.16. The monoisotopic (exact) mass is 393 g/mol. The number of benzene rings is 2. The Kier molecular flexibility index (Phi) is 5.16. The second-order valence-corrected chi connectivity index (χ2v) is 6.79. The summed E-state index contributed by atoms with van der Waals surface area (Å²) in [6, 6.07) is 12.1. The van der Waals surface area contributed by atoms with Crippen molar-refractivity contribution in [3.8, 4) is 0 Å². The van der Waals surface area contributed by atoms with E-state index in [4.69, 9.17) is 34.8 Å². The van der Waals surface area contributed by atoms with E-state index < -0.39 is 5.60 Å². The summed E-state index contributed by atoms with van der Waals surface area (Å²) in [6.07, 6.45) is 2.90. The molecule has 0 saturated carbocycles. The lowest BCUT2D eigenvalue weighted by Gasteiger charge is -2.32. The molecule has 0 saturated heterocycles. The Bertz CT molecular complexity index is 912. The Morgan fingerprint density at radius 1 is 1.12 bits per heavy atom. The number of hydrogen-bond donors (Lipinski definition) is 1. The van der Waals surface area contributed by atoms with Crippen LogP contribution in [0, 0.1) is 0 Å². The van der Waals surface area contributed by atoms with Crippen LogP contribution in [0.15, 0.2) is 61.7 Å². The first-order valence-corrected chi connectivity index (χ1v) is 8.50. The topological polar surface area (TPSA) is 50.9 Å². The number of nitrogens with zero attached hydrogens (tertiary/aromatic N) is 3. The SMILES string of the molecule is C=C(c1ccccc1Cl)C(O)(Cn1cncn1)c1ccc(Cl)cc1Cl. The maximum atomic E-state index is 11.6. The zero-order valence-electron chi connectivity index (χ0n) is 13.0. The van der Waals surface area contributed by atoms with Crippen molar-refractivity contribution >= 4 is 40.4 Å². The molecule has 2 aromatic carbocycles. The molecule has 1 aromatic heterocycles. The summed E-state index contributed by atoms with van der Waals surface area (Å²) >= 11 is 18.7. The van der Waals surface area contributed by atoms with Gasteiger partial charge in [-0.3, -0.25) is 0 Å². The highest BCUT2D eigenvalue weighted by Gasteiger charge is 2.37. The van der Waals surface area contributed by atoms with Crippen LogP contribution in [-0.4, -0.2) is 19.9 Å². The normalized spacial score (nSPS) is 13.4. The summed E-state index contributed by atoms with van der Waals surface area (Å²) in [5, 5.41) is 16.9. The summed E-state index contributed by atoms with van der Waals surface area (Å²) in [4.78, 5) is 3.92. The first kappa shape index (κ1) is 18.0. The third-order valence-corrected chi connectivity index (χ3v) is 4.81. The predicted molar refractivity (Wildman–Crippen MR) is 101 cm³/mol. The largest absolute Gasteiger partial charge is 0.378 e. The molecule has 0 amide bonds. The fourth-order valence-corrected chi connectivity index (χ4v) is 3.46. The average Bonchev–Trinajstić information content (AvgIpc) is 3.07. The molecule has 0 fully saturated rings. The van der Waals surface area contributed by atoms with Crippen LogP contribution >= 0.6 is 34.8 Å². The molecule has 1 atom stereocenters. The smallest absolute Gasteiger partial charge is 0.137 e. The number of hydrogen-bond acceptors (Lipinski definition) is 3. The van der Waals surface area contributed by atoms with Crippen LogP contribution in [0.5, 0.6) is 0 Å². The molecule has 1 unspecified atom stereocenters. The molecule has 0 bridgehead atoms. The van der Waals surface area contributed by atoms with Crippen LogP contribution in [0.1, 0.15) is 11.1 Å². The Morgan fingerprint density at radius 3 is 2.52 bits per heavy atom. The molecule has 128 valence electrons. The van der Waals surface area contributed by atoms with Crippen molar-refractivity contribution in [1.29, 1.82) is 0 Å². The molecule has 0 spiro atoms. The van der Waals surface area contributed by atoms with Gasteiger partial charge in [0.05, 0.1) is 6.54 Å². The van der Waals surface area contributed by atoms with Gasteiger partial charge in [0.25, 0.3) is 0 Å². The van der Waals surface area contributed by atoms with Crippen molar-refractivity contribution in [3.63, 3.8) is 0 Å². The van der Waals surface area contributed by atoms with Gasteiger partial charge in [-0.25, -0.2) is 9.67 Å². The standard InChI is InChI=1S/C18H14Cl3N3O/c1-12(14-4-2-3-5-16(14)20)18(25,9-24-11-22-10-23-24)15-7-6-13(19)8-17(15)21/h2-8,10-11,25H,1,9H2. The van der Waals surface area contributed by atoms with E-state index in [1.54, 1.807) is 30.3 Å². The minimum absolute atomic E-state index is 0.0679. The van der Waals surface area contributed by atoms with Crippen LogP contribution in [0.4, 0.5) is 0 Å². The minimum Gasteiger partial charge on any atom is -0.378 e. The Morgan fingerprint density at radius 2 is 1.88 bits per heavy atom. The number of aromatic nitrogens is 3. The van der Waals surface area contributed by atoms with Gasteiger partial charge in [0.15, 0.2) is 0 Å². The summed E-state index contributed by atoms with van der Waals surface area (Å²) in [5.74, 6) is 0. The Balaban J connectivity index is 2.15. The van der Waals surface area contributed by atoms with Gasteiger partial charge in [-0.05, 0) is 29.3 Å². The van der Waals surface area contributed by atoms with Crippen molar-refractivity contribution in [2.75, 3.05) is 0 Å². The molecule has 4 nitrogen and oxygen atoms in total. The van der Waals surface area contributed by atoms with E-state index in [-0.39, 0.29) is 6.54 Å². The Labute approximate surface area is 160 Å². The lowest BCUT2D eigenvalue weighted by atomic mass is 9.83. The second kappa shape index (κ2) is 7.18. The van der Waals surface area contributed by atoms with Gasteiger partial charge in [-0.15, -0.1) is 0 Å². The molecule has 3 rings (SSSR count). The summed E-state index contributed by atoms with van der Waals surface area (Å²) in [7, 11) is 0. The van der Waals surface area contributed by atoms with E-state index in [0.29, 0.717) is 31.8 Å². The van der Waals surface area contributed by atoms with Crippen molar-refractivity contribution < 1.29 is 5.11 Å². The molecule has 25 heavy (non-hydrogen) atoms. The highest BCUT2D eigenvalue weighted by Crippen LogP contribution is 2.42. The van der Waals surface area contributed by atoms with E-state index >= 15 is 0 Å². The quantitative estimate of drug-likeness (QED) is 0.673. The van der Waals surface area contributed by atoms with Crippen LogP contribution in [0.25, 0.3) is 5.57 Å². The van der Waals surface area contributed by atoms with E-state index in [9.17, 15) is 5.11 Å². The van der Waals surface area contributed by atoms with Gasteiger partial charge >= 0.3 is 0 Å². The third kappa shape index (κ3) is 3.58. The van der Waals surface area contributed by atoms with Gasteiger partial charge in [0.2, 0.25) is 0 Å². The molecule has 0 aliphatic rings. The van der Waals surface area contributed by atoms with Crippen LogP contribution in [0.3, 0.4) is 0 Å². The molecule has 7 heteroatoms. The van der Waals surface area contributed by atoms with E-state index in [2.05, 4.69) is 16.7 Å².